The number of hydrogen-bond acceptors (Lipinski definition) is 6. The van der Waals surface area contributed by atoms with E-state index in [-0.39, 0.29) is 17.5 Å². The van der Waals surface area contributed by atoms with E-state index in [0.717, 1.165) is 43.1 Å². The van der Waals surface area contributed by atoms with Crippen LogP contribution < -0.4 is 4.74 Å². The van der Waals surface area contributed by atoms with Gasteiger partial charge in [-0.3, -0.25) is 9.69 Å². The van der Waals surface area contributed by atoms with Crippen LogP contribution in [0.15, 0.2) is 77.6 Å². The van der Waals surface area contributed by atoms with Gasteiger partial charge >= 0.3 is 12.1 Å². The maximum Gasteiger partial charge on any atom is 0.416 e. The number of allylic oxidation sites excluding steroid dienone is 1. The number of carbonyl (C=O) groups excluding carboxylic acids is 1. The van der Waals surface area contributed by atoms with Gasteiger partial charge in [0.25, 0.3) is 0 Å². The first-order valence-corrected chi connectivity index (χ1v) is 12.9. The molecular weight excluding hydrogens is 497 g/mol. The first kappa shape index (κ1) is 26.2. The van der Waals surface area contributed by atoms with Gasteiger partial charge < -0.3 is 9.47 Å². The molecule has 2 aliphatic heterocycles. The van der Waals surface area contributed by atoms with Gasteiger partial charge in [-0.25, -0.2) is 0 Å². The summed E-state index contributed by atoms with van der Waals surface area (Å²) in [5.74, 6) is -1.11. The highest BCUT2D eigenvalue weighted by Gasteiger charge is 2.46. The van der Waals surface area contributed by atoms with E-state index >= 15 is 0 Å². The van der Waals surface area contributed by atoms with Crippen molar-refractivity contribution in [3.8, 4) is 5.75 Å². The van der Waals surface area contributed by atoms with Gasteiger partial charge in [0.15, 0.2) is 0 Å². The lowest BCUT2D eigenvalue weighted by Gasteiger charge is -2.41. The summed E-state index contributed by atoms with van der Waals surface area (Å²) >= 11 is 0. The second kappa shape index (κ2) is 11.1. The summed E-state index contributed by atoms with van der Waals surface area (Å²) in [4.78, 5) is 26.6. The molecule has 200 valence electrons. The number of benzene rings is 2. The molecule has 0 amide bonds. The number of likely N-dealkylation sites (tertiary alicyclic amines) is 1. The second-order valence-electron chi connectivity index (χ2n) is 10.0. The number of esters is 1. The van der Waals surface area contributed by atoms with Crippen molar-refractivity contribution < 1.29 is 27.4 Å². The van der Waals surface area contributed by atoms with Crippen molar-refractivity contribution in [1.29, 1.82) is 0 Å². The van der Waals surface area contributed by atoms with E-state index in [0.29, 0.717) is 18.6 Å². The number of nitroso groups, excluding NO2 is 1. The topological polar surface area (TPSA) is 68.2 Å². The highest BCUT2D eigenvalue weighted by Crippen LogP contribution is 2.44. The first-order chi connectivity index (χ1) is 18.3. The zero-order valence-corrected chi connectivity index (χ0v) is 20.8. The average molecular weight is 527 g/mol. The maximum absolute atomic E-state index is 13.2. The van der Waals surface area contributed by atoms with Gasteiger partial charge in [-0.15, -0.1) is 4.91 Å². The zero-order valence-electron chi connectivity index (χ0n) is 20.8. The van der Waals surface area contributed by atoms with Crippen LogP contribution in [0.3, 0.4) is 0 Å². The summed E-state index contributed by atoms with van der Waals surface area (Å²) < 4.78 is 50.9. The van der Waals surface area contributed by atoms with E-state index in [2.05, 4.69) is 10.1 Å². The highest BCUT2D eigenvalue weighted by molar-refractivity contribution is 5.80. The molecule has 2 saturated heterocycles. The lowest BCUT2D eigenvalue weighted by atomic mass is 9.69. The van der Waals surface area contributed by atoms with Crippen molar-refractivity contribution in [2.45, 2.75) is 37.5 Å². The Morgan fingerprint density at radius 3 is 2.39 bits per heavy atom. The number of nitrogens with zero attached hydrogens (tertiary/aromatic N) is 2. The molecule has 6 nitrogen and oxygen atoms in total. The molecular formula is C29H29F3N2O4. The number of hydrogen-bond donors (Lipinski definition) is 0. The second-order valence-corrected chi connectivity index (χ2v) is 10.0. The van der Waals surface area contributed by atoms with Crippen molar-refractivity contribution in [3.05, 3.63) is 94.1 Å². The average Bonchev–Trinajstić information content (AvgIpc) is 3.42. The number of fused-ring (bicyclic) bond motifs is 1. The van der Waals surface area contributed by atoms with Crippen LogP contribution in [0.2, 0.25) is 0 Å². The normalized spacial score (nSPS) is 25.4. The van der Waals surface area contributed by atoms with Crippen molar-refractivity contribution in [1.82, 2.24) is 4.90 Å². The van der Waals surface area contributed by atoms with Crippen LogP contribution in [0.1, 0.15) is 35.4 Å². The largest absolute Gasteiger partial charge is 0.492 e. The first-order valence-electron chi connectivity index (χ1n) is 12.9. The molecule has 2 aromatic carbocycles. The molecule has 0 bridgehead atoms. The molecule has 0 saturated carbocycles. The van der Waals surface area contributed by atoms with Crippen LogP contribution in [0, 0.1) is 16.7 Å². The molecule has 0 N–H and O–H groups in total. The molecule has 2 fully saturated rings. The molecule has 0 spiro atoms. The minimum atomic E-state index is -4.47. The number of halogens is 3. The molecule has 0 radical (unpaired) electrons. The Bertz CT molecular complexity index is 1200. The molecule has 2 aromatic rings. The third-order valence-corrected chi connectivity index (χ3v) is 7.60. The predicted molar refractivity (Wildman–Crippen MR) is 135 cm³/mol. The Kier molecular flexibility index (Phi) is 7.65. The standard InChI is InChI=1S/C29H29F3N2O4/c30-29(31,32)21-7-5-20(6-8-21)27-25(24-12-9-22(33-36)18-26(24)38-28(27)35)17-19-3-10-23(11-4-19)37-16-15-34-13-1-2-14-34/h3-12,18,24-27H,1-2,13-17H2. The Hall–Kier alpha value is -3.46. The summed E-state index contributed by atoms with van der Waals surface area (Å²) in [6, 6.07) is 12.4. The van der Waals surface area contributed by atoms with Gasteiger partial charge in [-0.05, 0) is 91.0 Å². The summed E-state index contributed by atoms with van der Waals surface area (Å²) in [6.45, 7) is 3.73. The lowest BCUT2D eigenvalue weighted by molar-refractivity contribution is -0.160. The Balaban J connectivity index is 1.35. The number of alkyl halides is 3. The molecule has 4 unspecified atom stereocenters. The van der Waals surface area contributed by atoms with Gasteiger partial charge in [0.05, 0.1) is 11.5 Å². The number of rotatable bonds is 8. The fourth-order valence-corrected chi connectivity index (χ4v) is 5.63. The third-order valence-electron chi connectivity index (χ3n) is 7.60. The molecule has 38 heavy (non-hydrogen) atoms. The van der Waals surface area contributed by atoms with Gasteiger partial charge in [-0.2, -0.15) is 13.2 Å². The SMILES string of the molecule is O=NC1=CC2OC(=O)C(c3ccc(C(F)(F)F)cc3)C(Cc3ccc(OCCN4CCCC4)cc3)C2C=C1. The molecule has 1 aliphatic carbocycles. The summed E-state index contributed by atoms with van der Waals surface area (Å²) in [5.41, 5.74) is 0.831. The predicted octanol–water partition coefficient (Wildman–Crippen LogP) is 5.88. The van der Waals surface area contributed by atoms with E-state index in [9.17, 15) is 22.9 Å². The quantitative estimate of drug-likeness (QED) is 0.317. The minimum absolute atomic E-state index is 0.182. The van der Waals surface area contributed by atoms with Crippen LogP contribution in [-0.4, -0.2) is 43.2 Å². The Morgan fingerprint density at radius 1 is 1.03 bits per heavy atom. The van der Waals surface area contributed by atoms with Gasteiger partial charge in [0.2, 0.25) is 0 Å². The van der Waals surface area contributed by atoms with Crippen LogP contribution in [-0.2, 0) is 22.1 Å². The van der Waals surface area contributed by atoms with E-state index in [1.165, 1.54) is 31.1 Å². The van der Waals surface area contributed by atoms with Crippen molar-refractivity contribution in [2.75, 3.05) is 26.2 Å². The smallest absolute Gasteiger partial charge is 0.416 e. The fraction of sp³-hybridized carbons (Fsp3) is 0.414. The maximum atomic E-state index is 13.2. The van der Waals surface area contributed by atoms with Crippen molar-refractivity contribution in [3.63, 3.8) is 0 Å². The van der Waals surface area contributed by atoms with Crippen LogP contribution in [0.4, 0.5) is 13.2 Å². The van der Waals surface area contributed by atoms with Crippen molar-refractivity contribution in [2.24, 2.45) is 17.0 Å². The fourth-order valence-electron chi connectivity index (χ4n) is 5.63. The van der Waals surface area contributed by atoms with E-state index in [1.54, 1.807) is 6.08 Å². The number of carbonyl (C=O) groups is 1. The molecule has 9 heteroatoms. The van der Waals surface area contributed by atoms with Crippen molar-refractivity contribution >= 4 is 5.97 Å². The number of ether oxygens (including phenoxy) is 2. The highest BCUT2D eigenvalue weighted by atomic mass is 19.4. The Labute approximate surface area is 219 Å². The Morgan fingerprint density at radius 2 is 1.74 bits per heavy atom. The molecule has 3 aliphatic rings. The van der Waals surface area contributed by atoms with E-state index in [4.69, 9.17) is 9.47 Å². The lowest BCUT2D eigenvalue weighted by Crippen LogP contribution is -2.44. The van der Waals surface area contributed by atoms with Crippen LogP contribution in [0.25, 0.3) is 0 Å². The van der Waals surface area contributed by atoms with Gasteiger partial charge in [0, 0.05) is 12.5 Å². The molecule has 5 rings (SSSR count). The molecule has 0 aromatic heterocycles. The van der Waals surface area contributed by atoms with Gasteiger partial charge in [-0.1, -0.05) is 30.3 Å². The van der Waals surface area contributed by atoms with E-state index < -0.39 is 29.7 Å². The molecule has 4 atom stereocenters. The minimum Gasteiger partial charge on any atom is -0.492 e. The zero-order chi connectivity index (χ0) is 26.7. The third kappa shape index (κ3) is 5.83. The van der Waals surface area contributed by atoms with Crippen LogP contribution in [0.5, 0.6) is 5.75 Å². The monoisotopic (exact) mass is 526 g/mol. The van der Waals surface area contributed by atoms with E-state index in [1.807, 2.05) is 30.3 Å². The van der Waals surface area contributed by atoms with Gasteiger partial charge in [0.1, 0.15) is 24.2 Å². The summed E-state index contributed by atoms with van der Waals surface area (Å²) in [5, 5.41) is 2.95. The van der Waals surface area contributed by atoms with Crippen LogP contribution >= 0.6 is 0 Å². The summed E-state index contributed by atoms with van der Waals surface area (Å²) in [7, 11) is 0. The summed E-state index contributed by atoms with van der Waals surface area (Å²) in [6.07, 6.45) is 2.76. The molecule has 2 heterocycles.